The molecular weight excluding hydrogens is 270 g/mol. The molecule has 20 heavy (non-hydrogen) atoms. The molecule has 0 saturated carbocycles. The zero-order chi connectivity index (χ0) is 13.9. The van der Waals surface area contributed by atoms with Crippen molar-refractivity contribution in [3.63, 3.8) is 0 Å². The Morgan fingerprint density at radius 1 is 1.15 bits per heavy atom. The molecular formula is C14H21N5S. The van der Waals surface area contributed by atoms with Gasteiger partial charge in [-0.15, -0.1) is 11.3 Å². The van der Waals surface area contributed by atoms with Crippen LogP contribution in [-0.2, 0) is 0 Å². The maximum absolute atomic E-state index is 5.51. The lowest BCUT2D eigenvalue weighted by Gasteiger charge is -2.26. The SMILES string of the molecule is Cc1cc2c(N3CCCCCCC3)nc(NN)nc2s1. The van der Waals surface area contributed by atoms with E-state index in [1.807, 2.05) is 0 Å². The zero-order valence-corrected chi connectivity index (χ0v) is 12.7. The molecule has 1 fully saturated rings. The van der Waals surface area contributed by atoms with Crippen LogP contribution in [0.4, 0.5) is 11.8 Å². The van der Waals surface area contributed by atoms with E-state index < -0.39 is 0 Å². The van der Waals surface area contributed by atoms with Crippen LogP contribution in [-0.4, -0.2) is 23.1 Å². The molecule has 1 aliphatic heterocycles. The van der Waals surface area contributed by atoms with Gasteiger partial charge < -0.3 is 4.90 Å². The van der Waals surface area contributed by atoms with Crippen molar-refractivity contribution in [2.24, 2.45) is 5.84 Å². The third-order valence-electron chi connectivity index (χ3n) is 3.78. The highest BCUT2D eigenvalue weighted by Crippen LogP contribution is 2.32. The minimum Gasteiger partial charge on any atom is -0.356 e. The first-order valence-corrected chi connectivity index (χ1v) is 8.09. The van der Waals surface area contributed by atoms with Crippen molar-refractivity contribution >= 4 is 33.3 Å². The van der Waals surface area contributed by atoms with Gasteiger partial charge >= 0.3 is 0 Å². The lowest BCUT2D eigenvalue weighted by atomic mass is 10.1. The molecule has 0 amide bonds. The lowest BCUT2D eigenvalue weighted by molar-refractivity contribution is 0.554. The average molecular weight is 291 g/mol. The molecule has 2 aromatic heterocycles. The summed E-state index contributed by atoms with van der Waals surface area (Å²) in [5.41, 5.74) is 2.59. The van der Waals surface area contributed by atoms with Crippen LogP contribution in [0.5, 0.6) is 0 Å². The molecule has 3 N–H and O–H groups in total. The van der Waals surface area contributed by atoms with Gasteiger partial charge in [-0.25, -0.2) is 10.8 Å². The fourth-order valence-electron chi connectivity index (χ4n) is 2.79. The molecule has 3 heterocycles. The van der Waals surface area contributed by atoms with Crippen LogP contribution in [0, 0.1) is 6.92 Å². The van der Waals surface area contributed by atoms with Crippen molar-refractivity contribution in [2.75, 3.05) is 23.4 Å². The van der Waals surface area contributed by atoms with Crippen molar-refractivity contribution in [3.05, 3.63) is 10.9 Å². The number of nitrogens with one attached hydrogen (secondary N) is 1. The van der Waals surface area contributed by atoms with Crippen LogP contribution < -0.4 is 16.2 Å². The number of rotatable bonds is 2. The maximum atomic E-state index is 5.51. The summed E-state index contributed by atoms with van der Waals surface area (Å²) in [5, 5.41) is 1.16. The molecule has 0 unspecified atom stereocenters. The van der Waals surface area contributed by atoms with Gasteiger partial charge in [0, 0.05) is 18.0 Å². The minimum atomic E-state index is 0.511. The number of aromatic nitrogens is 2. The van der Waals surface area contributed by atoms with Crippen LogP contribution in [0.15, 0.2) is 6.07 Å². The number of aryl methyl sites for hydroxylation is 1. The van der Waals surface area contributed by atoms with E-state index in [4.69, 9.17) is 5.84 Å². The van der Waals surface area contributed by atoms with Gasteiger partial charge in [-0.1, -0.05) is 19.3 Å². The Balaban J connectivity index is 2.02. The first-order valence-electron chi connectivity index (χ1n) is 7.27. The Morgan fingerprint density at radius 3 is 2.55 bits per heavy atom. The molecule has 0 atom stereocenters. The third-order valence-corrected chi connectivity index (χ3v) is 4.72. The molecule has 0 spiro atoms. The molecule has 1 aliphatic rings. The zero-order valence-electron chi connectivity index (χ0n) is 11.9. The van der Waals surface area contributed by atoms with Crippen LogP contribution in [0.25, 0.3) is 10.2 Å². The monoisotopic (exact) mass is 291 g/mol. The van der Waals surface area contributed by atoms with E-state index >= 15 is 0 Å². The molecule has 0 radical (unpaired) electrons. The van der Waals surface area contributed by atoms with Crippen LogP contribution in [0.3, 0.4) is 0 Å². The van der Waals surface area contributed by atoms with E-state index in [2.05, 4.69) is 33.3 Å². The van der Waals surface area contributed by atoms with Crippen molar-refractivity contribution in [1.82, 2.24) is 9.97 Å². The highest BCUT2D eigenvalue weighted by Gasteiger charge is 2.17. The minimum absolute atomic E-state index is 0.511. The fraction of sp³-hybridized carbons (Fsp3) is 0.571. The Hall–Kier alpha value is -1.40. The average Bonchev–Trinajstić information content (AvgIpc) is 2.77. The highest BCUT2D eigenvalue weighted by atomic mass is 32.1. The fourth-order valence-corrected chi connectivity index (χ4v) is 3.67. The Bertz CT molecular complexity index is 587. The molecule has 0 aliphatic carbocycles. The summed E-state index contributed by atoms with van der Waals surface area (Å²) >= 11 is 1.70. The summed E-state index contributed by atoms with van der Waals surface area (Å²) < 4.78 is 0. The summed E-state index contributed by atoms with van der Waals surface area (Å²) in [6, 6.07) is 2.19. The van der Waals surface area contributed by atoms with E-state index in [9.17, 15) is 0 Å². The van der Waals surface area contributed by atoms with Gasteiger partial charge in [-0.05, 0) is 25.8 Å². The Morgan fingerprint density at radius 2 is 1.85 bits per heavy atom. The molecule has 0 bridgehead atoms. The Labute approximate surface area is 123 Å². The lowest BCUT2D eigenvalue weighted by Crippen LogP contribution is -2.28. The molecule has 5 nitrogen and oxygen atoms in total. The first-order chi connectivity index (χ1) is 9.78. The number of thiophene rings is 1. The van der Waals surface area contributed by atoms with Gasteiger partial charge in [-0.2, -0.15) is 4.98 Å². The van der Waals surface area contributed by atoms with Crippen molar-refractivity contribution < 1.29 is 0 Å². The number of hydrogen-bond donors (Lipinski definition) is 2. The van der Waals surface area contributed by atoms with Gasteiger partial charge in [0.25, 0.3) is 0 Å². The second kappa shape index (κ2) is 5.93. The largest absolute Gasteiger partial charge is 0.356 e. The van der Waals surface area contributed by atoms with E-state index in [0.717, 1.165) is 29.1 Å². The summed E-state index contributed by atoms with van der Waals surface area (Å²) in [4.78, 5) is 13.7. The Kier molecular flexibility index (Phi) is 4.03. The number of nitrogen functional groups attached to an aromatic ring is 1. The maximum Gasteiger partial charge on any atom is 0.240 e. The molecule has 0 aromatic carbocycles. The first kappa shape index (κ1) is 13.6. The molecule has 2 aromatic rings. The van der Waals surface area contributed by atoms with E-state index in [1.165, 1.54) is 37.0 Å². The number of hydrogen-bond acceptors (Lipinski definition) is 6. The smallest absolute Gasteiger partial charge is 0.240 e. The molecule has 1 saturated heterocycles. The second-order valence-electron chi connectivity index (χ2n) is 5.35. The number of nitrogens with zero attached hydrogens (tertiary/aromatic N) is 3. The molecule has 108 valence electrons. The third kappa shape index (κ3) is 2.71. The summed E-state index contributed by atoms with van der Waals surface area (Å²) in [6.45, 7) is 4.26. The number of nitrogens with two attached hydrogens (primary N) is 1. The standard InChI is InChI=1S/C14H21N5S/c1-10-9-11-12(16-14(18-15)17-13(11)20-10)19-7-5-3-2-4-6-8-19/h9H,2-8,15H2,1H3,(H,16,17,18). The van der Waals surface area contributed by atoms with Crippen LogP contribution >= 0.6 is 11.3 Å². The van der Waals surface area contributed by atoms with E-state index in [1.54, 1.807) is 11.3 Å². The molecule has 3 rings (SSSR count). The number of hydrazine groups is 1. The summed E-state index contributed by atoms with van der Waals surface area (Å²) in [6.07, 6.45) is 6.46. The van der Waals surface area contributed by atoms with E-state index in [-0.39, 0.29) is 0 Å². The van der Waals surface area contributed by atoms with Gasteiger partial charge in [-0.3, -0.25) is 5.43 Å². The van der Waals surface area contributed by atoms with Crippen molar-refractivity contribution in [2.45, 2.75) is 39.0 Å². The van der Waals surface area contributed by atoms with Gasteiger partial charge in [0.05, 0.1) is 5.39 Å². The predicted octanol–water partition coefficient (Wildman–Crippen LogP) is 3.06. The summed E-state index contributed by atoms with van der Waals surface area (Å²) in [7, 11) is 0. The number of fused-ring (bicyclic) bond motifs is 1. The van der Waals surface area contributed by atoms with Crippen LogP contribution in [0.1, 0.15) is 37.0 Å². The van der Waals surface area contributed by atoms with E-state index in [0.29, 0.717) is 5.95 Å². The molecule has 6 heteroatoms. The second-order valence-corrected chi connectivity index (χ2v) is 6.58. The van der Waals surface area contributed by atoms with Crippen molar-refractivity contribution in [1.29, 1.82) is 0 Å². The number of anilines is 2. The predicted molar refractivity (Wildman–Crippen MR) is 85.3 cm³/mol. The normalized spacial score (nSPS) is 17.0. The van der Waals surface area contributed by atoms with Gasteiger partial charge in [0.1, 0.15) is 10.6 Å². The quantitative estimate of drug-likeness (QED) is 0.657. The van der Waals surface area contributed by atoms with Gasteiger partial charge in [0.2, 0.25) is 5.95 Å². The van der Waals surface area contributed by atoms with Crippen LogP contribution in [0.2, 0.25) is 0 Å². The van der Waals surface area contributed by atoms with Crippen molar-refractivity contribution in [3.8, 4) is 0 Å². The van der Waals surface area contributed by atoms with Gasteiger partial charge in [0.15, 0.2) is 0 Å². The summed E-state index contributed by atoms with van der Waals surface area (Å²) in [5.74, 6) is 7.06. The highest BCUT2D eigenvalue weighted by molar-refractivity contribution is 7.18. The topological polar surface area (TPSA) is 67.1 Å².